The maximum Gasteiger partial charge on any atom is 0.291 e. The number of carbonyl (C=O) groups excluding carboxylic acids is 1. The van der Waals surface area contributed by atoms with Crippen LogP contribution in [0.2, 0.25) is 0 Å². The first-order valence-electron chi connectivity index (χ1n) is 8.97. The lowest BCUT2D eigenvalue weighted by Gasteiger charge is -2.10. The van der Waals surface area contributed by atoms with Crippen molar-refractivity contribution in [2.24, 2.45) is 0 Å². The minimum absolute atomic E-state index is 0.210. The van der Waals surface area contributed by atoms with Gasteiger partial charge in [-0.25, -0.2) is 0 Å². The molecular weight excluding hydrogens is 354 g/mol. The van der Waals surface area contributed by atoms with E-state index in [4.69, 9.17) is 13.9 Å². The highest BCUT2D eigenvalue weighted by molar-refractivity contribution is 6.03. The largest absolute Gasteiger partial charge is 0.495 e. The molecule has 5 nitrogen and oxygen atoms in total. The van der Waals surface area contributed by atoms with Crippen molar-refractivity contribution in [3.05, 3.63) is 89.9 Å². The van der Waals surface area contributed by atoms with Gasteiger partial charge in [0.1, 0.15) is 23.9 Å². The number of anilines is 1. The first-order chi connectivity index (χ1) is 13.6. The van der Waals surface area contributed by atoms with Gasteiger partial charge in [-0.2, -0.15) is 0 Å². The SMILES string of the molecule is C=CCc1ccccc1OCc1ccc(C(=O)Nc2cc(C)ccc2OC)o1. The van der Waals surface area contributed by atoms with Gasteiger partial charge in [0, 0.05) is 0 Å². The number of aryl methyl sites for hydroxylation is 1. The lowest BCUT2D eigenvalue weighted by molar-refractivity contribution is 0.0992. The van der Waals surface area contributed by atoms with E-state index >= 15 is 0 Å². The lowest BCUT2D eigenvalue weighted by atomic mass is 10.1. The molecule has 0 aliphatic rings. The predicted molar refractivity (Wildman–Crippen MR) is 109 cm³/mol. The van der Waals surface area contributed by atoms with Gasteiger partial charge in [0.2, 0.25) is 0 Å². The van der Waals surface area contributed by atoms with Crippen LogP contribution in [0.4, 0.5) is 5.69 Å². The molecule has 28 heavy (non-hydrogen) atoms. The van der Waals surface area contributed by atoms with Crippen molar-refractivity contribution < 1.29 is 18.7 Å². The number of benzene rings is 2. The van der Waals surface area contributed by atoms with Gasteiger partial charge < -0.3 is 19.2 Å². The van der Waals surface area contributed by atoms with Gasteiger partial charge in [-0.3, -0.25) is 4.79 Å². The van der Waals surface area contributed by atoms with E-state index in [1.165, 1.54) is 0 Å². The van der Waals surface area contributed by atoms with Crippen LogP contribution in [0.3, 0.4) is 0 Å². The van der Waals surface area contributed by atoms with Crippen molar-refractivity contribution in [1.29, 1.82) is 0 Å². The first kappa shape index (κ1) is 19.3. The van der Waals surface area contributed by atoms with Crippen molar-refractivity contribution in [3.8, 4) is 11.5 Å². The number of nitrogens with one attached hydrogen (secondary N) is 1. The van der Waals surface area contributed by atoms with Crippen LogP contribution in [0.1, 0.15) is 27.4 Å². The number of carbonyl (C=O) groups is 1. The van der Waals surface area contributed by atoms with E-state index in [0.717, 1.165) is 23.3 Å². The van der Waals surface area contributed by atoms with Crippen molar-refractivity contribution in [3.63, 3.8) is 0 Å². The fourth-order valence-corrected chi connectivity index (χ4v) is 2.80. The Morgan fingerprint density at radius 1 is 1.14 bits per heavy atom. The summed E-state index contributed by atoms with van der Waals surface area (Å²) in [6.07, 6.45) is 2.55. The van der Waals surface area contributed by atoms with Gasteiger partial charge in [-0.05, 0) is 54.8 Å². The Kier molecular flexibility index (Phi) is 6.17. The number of para-hydroxylation sites is 1. The molecule has 0 aliphatic heterocycles. The summed E-state index contributed by atoms with van der Waals surface area (Å²) in [6, 6.07) is 16.7. The number of hydrogen-bond donors (Lipinski definition) is 1. The Balaban J connectivity index is 1.66. The number of rotatable bonds is 8. The van der Waals surface area contributed by atoms with Crippen LogP contribution in [0.15, 0.2) is 71.7 Å². The maximum atomic E-state index is 12.5. The Bertz CT molecular complexity index is 974. The Morgan fingerprint density at radius 3 is 2.75 bits per heavy atom. The Labute approximate surface area is 164 Å². The molecule has 0 saturated carbocycles. The summed E-state index contributed by atoms with van der Waals surface area (Å²) in [5.74, 6) is 1.79. The zero-order chi connectivity index (χ0) is 19.9. The molecule has 1 N–H and O–H groups in total. The highest BCUT2D eigenvalue weighted by atomic mass is 16.5. The molecule has 2 aromatic carbocycles. The molecule has 0 atom stereocenters. The third kappa shape index (κ3) is 4.62. The predicted octanol–water partition coefficient (Wildman–Crippen LogP) is 5.16. The molecule has 5 heteroatoms. The van der Waals surface area contributed by atoms with Gasteiger partial charge in [-0.1, -0.05) is 30.3 Å². The Morgan fingerprint density at radius 2 is 1.96 bits per heavy atom. The molecule has 0 spiro atoms. The standard InChI is InChI=1S/C23H23NO4/c1-4-7-17-8-5-6-9-20(17)27-15-18-11-13-22(28-18)23(25)24-19-14-16(2)10-12-21(19)26-3/h4-6,8-14H,1,7,15H2,2-3H3,(H,24,25). The molecule has 0 saturated heterocycles. The van der Waals surface area contributed by atoms with Crippen LogP contribution in [0.25, 0.3) is 0 Å². The molecule has 1 amide bonds. The summed E-state index contributed by atoms with van der Waals surface area (Å²) in [5.41, 5.74) is 2.66. The van der Waals surface area contributed by atoms with E-state index in [2.05, 4.69) is 11.9 Å². The second-order valence-corrected chi connectivity index (χ2v) is 6.31. The minimum Gasteiger partial charge on any atom is -0.495 e. The van der Waals surface area contributed by atoms with Crippen LogP contribution in [0, 0.1) is 6.92 Å². The highest BCUT2D eigenvalue weighted by Gasteiger charge is 2.14. The number of ether oxygens (including phenoxy) is 2. The normalized spacial score (nSPS) is 10.4. The molecular formula is C23H23NO4. The summed E-state index contributed by atoms with van der Waals surface area (Å²) in [6.45, 7) is 5.94. The quantitative estimate of drug-likeness (QED) is 0.551. The topological polar surface area (TPSA) is 60.7 Å². The number of methoxy groups -OCH3 is 1. The van der Waals surface area contributed by atoms with Crippen molar-refractivity contribution >= 4 is 11.6 Å². The molecule has 3 aromatic rings. The molecule has 1 aromatic heterocycles. The molecule has 0 fully saturated rings. The first-order valence-corrected chi connectivity index (χ1v) is 8.97. The van der Waals surface area contributed by atoms with Gasteiger partial charge in [0.15, 0.2) is 5.76 Å². The van der Waals surface area contributed by atoms with Gasteiger partial charge in [-0.15, -0.1) is 6.58 Å². The minimum atomic E-state index is -0.345. The number of allylic oxidation sites excluding steroid dienone is 1. The van der Waals surface area contributed by atoms with Crippen LogP contribution in [-0.2, 0) is 13.0 Å². The summed E-state index contributed by atoms with van der Waals surface area (Å²) in [5, 5.41) is 2.82. The van der Waals surface area contributed by atoms with Crippen molar-refractivity contribution in [2.75, 3.05) is 12.4 Å². The number of furan rings is 1. The van der Waals surface area contributed by atoms with Gasteiger partial charge >= 0.3 is 0 Å². The highest BCUT2D eigenvalue weighted by Crippen LogP contribution is 2.26. The van der Waals surface area contributed by atoms with Crippen molar-refractivity contribution in [1.82, 2.24) is 0 Å². The molecule has 0 unspecified atom stereocenters. The average Bonchev–Trinajstić information content (AvgIpc) is 3.17. The van der Waals surface area contributed by atoms with Crippen LogP contribution >= 0.6 is 0 Å². The van der Waals surface area contributed by atoms with E-state index in [1.54, 1.807) is 19.2 Å². The van der Waals surface area contributed by atoms with E-state index in [-0.39, 0.29) is 18.3 Å². The van der Waals surface area contributed by atoms with Gasteiger partial charge in [0.05, 0.1) is 12.8 Å². The summed E-state index contributed by atoms with van der Waals surface area (Å²) >= 11 is 0. The Hall–Kier alpha value is -3.47. The monoisotopic (exact) mass is 377 g/mol. The van der Waals surface area contributed by atoms with E-state index in [9.17, 15) is 4.79 Å². The molecule has 3 rings (SSSR count). The zero-order valence-electron chi connectivity index (χ0n) is 16.0. The second kappa shape index (κ2) is 8.95. The fraction of sp³-hybridized carbons (Fsp3) is 0.174. The molecule has 1 heterocycles. The summed E-state index contributed by atoms with van der Waals surface area (Å²) < 4.78 is 16.8. The zero-order valence-corrected chi connectivity index (χ0v) is 16.0. The lowest BCUT2D eigenvalue weighted by Crippen LogP contribution is -2.12. The van der Waals surface area contributed by atoms with E-state index in [0.29, 0.717) is 17.2 Å². The maximum absolute atomic E-state index is 12.5. The van der Waals surface area contributed by atoms with Gasteiger partial charge in [0.25, 0.3) is 5.91 Å². The molecule has 0 bridgehead atoms. The van der Waals surface area contributed by atoms with Crippen molar-refractivity contribution in [2.45, 2.75) is 20.0 Å². The van der Waals surface area contributed by atoms with E-state index < -0.39 is 0 Å². The molecule has 0 radical (unpaired) electrons. The third-order valence-electron chi connectivity index (χ3n) is 4.20. The van der Waals surface area contributed by atoms with Crippen LogP contribution < -0.4 is 14.8 Å². The van der Waals surface area contributed by atoms with Crippen LogP contribution in [-0.4, -0.2) is 13.0 Å². The number of hydrogen-bond acceptors (Lipinski definition) is 4. The third-order valence-corrected chi connectivity index (χ3v) is 4.20. The van der Waals surface area contributed by atoms with E-state index in [1.807, 2.05) is 55.5 Å². The summed E-state index contributed by atoms with van der Waals surface area (Å²) in [4.78, 5) is 12.5. The fourth-order valence-electron chi connectivity index (χ4n) is 2.80. The molecule has 0 aliphatic carbocycles. The van der Waals surface area contributed by atoms with Crippen LogP contribution in [0.5, 0.6) is 11.5 Å². The summed E-state index contributed by atoms with van der Waals surface area (Å²) in [7, 11) is 1.56. The number of amides is 1. The smallest absolute Gasteiger partial charge is 0.291 e. The molecule has 144 valence electrons. The average molecular weight is 377 g/mol. The second-order valence-electron chi connectivity index (χ2n) is 6.31.